The topological polar surface area (TPSA) is 98.7 Å². The molecule has 1 fully saturated rings. The number of benzene rings is 1. The second-order valence-electron chi connectivity index (χ2n) is 6.90. The molecule has 0 radical (unpaired) electrons. The minimum atomic E-state index is -0.129. The highest BCUT2D eigenvalue weighted by molar-refractivity contribution is 5.97. The summed E-state index contributed by atoms with van der Waals surface area (Å²) in [4.78, 5) is 34.5. The minimum absolute atomic E-state index is 0.0421. The van der Waals surface area contributed by atoms with E-state index in [2.05, 4.69) is 25.9 Å². The van der Waals surface area contributed by atoms with E-state index in [0.29, 0.717) is 31.3 Å². The number of nitrogens with one attached hydrogen (secondary N) is 3. The smallest absolute Gasteiger partial charge is 0.229 e. The zero-order valence-electron chi connectivity index (χ0n) is 16.7. The molecule has 152 valence electrons. The molecule has 1 atom stereocenters. The van der Waals surface area contributed by atoms with E-state index in [9.17, 15) is 9.59 Å². The van der Waals surface area contributed by atoms with Crippen molar-refractivity contribution in [1.29, 1.82) is 0 Å². The molecular formula is C21H26N6O2. The molecule has 1 unspecified atom stereocenters. The van der Waals surface area contributed by atoms with Crippen molar-refractivity contribution in [2.24, 2.45) is 4.99 Å². The van der Waals surface area contributed by atoms with Crippen LogP contribution in [0.4, 0.5) is 11.5 Å². The quantitative estimate of drug-likeness (QED) is 0.512. The van der Waals surface area contributed by atoms with Gasteiger partial charge in [-0.3, -0.25) is 14.6 Å². The number of aromatic nitrogens is 1. The molecular weight excluding hydrogens is 368 g/mol. The van der Waals surface area contributed by atoms with E-state index < -0.39 is 0 Å². The number of guanidine groups is 1. The average Bonchev–Trinajstić information content (AvgIpc) is 3.09. The Morgan fingerprint density at radius 2 is 2.03 bits per heavy atom. The first-order chi connectivity index (χ1) is 14.0. The van der Waals surface area contributed by atoms with Gasteiger partial charge in [0.25, 0.3) is 0 Å². The Morgan fingerprint density at radius 3 is 2.72 bits per heavy atom. The van der Waals surface area contributed by atoms with Gasteiger partial charge in [-0.15, -0.1) is 0 Å². The van der Waals surface area contributed by atoms with Crippen LogP contribution < -0.4 is 20.9 Å². The molecule has 0 spiro atoms. The van der Waals surface area contributed by atoms with Crippen LogP contribution in [0.15, 0.2) is 53.7 Å². The molecule has 2 heterocycles. The van der Waals surface area contributed by atoms with E-state index in [4.69, 9.17) is 0 Å². The molecule has 8 heteroatoms. The van der Waals surface area contributed by atoms with Crippen LogP contribution in [0.1, 0.15) is 18.4 Å². The van der Waals surface area contributed by atoms with Crippen LogP contribution >= 0.6 is 0 Å². The predicted octanol–water partition coefficient (Wildman–Crippen LogP) is 1.69. The van der Waals surface area contributed by atoms with Crippen molar-refractivity contribution in [1.82, 2.24) is 15.6 Å². The van der Waals surface area contributed by atoms with E-state index in [1.54, 1.807) is 24.2 Å². The third-order valence-electron chi connectivity index (χ3n) is 4.58. The molecule has 1 aromatic carbocycles. The highest BCUT2D eigenvalue weighted by Gasteiger charge is 2.31. The summed E-state index contributed by atoms with van der Waals surface area (Å²) in [7, 11) is 1.66. The maximum absolute atomic E-state index is 12.3. The third-order valence-corrected chi connectivity index (χ3v) is 4.58. The molecule has 2 aromatic rings. The van der Waals surface area contributed by atoms with Crippen molar-refractivity contribution in [2.75, 3.05) is 30.4 Å². The lowest BCUT2D eigenvalue weighted by Crippen LogP contribution is -2.45. The molecule has 8 nitrogen and oxygen atoms in total. The highest BCUT2D eigenvalue weighted by Crippen LogP contribution is 2.20. The van der Waals surface area contributed by atoms with Gasteiger partial charge < -0.3 is 20.9 Å². The van der Waals surface area contributed by atoms with Gasteiger partial charge in [-0.2, -0.15) is 0 Å². The molecule has 3 N–H and O–H groups in total. The van der Waals surface area contributed by atoms with Gasteiger partial charge in [0.15, 0.2) is 5.96 Å². The summed E-state index contributed by atoms with van der Waals surface area (Å²) in [6, 6.07) is 13.2. The average molecular weight is 394 g/mol. The summed E-state index contributed by atoms with van der Waals surface area (Å²) in [6.07, 6.45) is 2.38. The zero-order valence-corrected chi connectivity index (χ0v) is 16.7. The van der Waals surface area contributed by atoms with Crippen LogP contribution in [0.25, 0.3) is 0 Å². The number of amides is 2. The summed E-state index contributed by atoms with van der Waals surface area (Å²) < 4.78 is 0. The number of rotatable bonds is 6. The van der Waals surface area contributed by atoms with Crippen molar-refractivity contribution < 1.29 is 9.59 Å². The molecule has 3 rings (SSSR count). The predicted molar refractivity (Wildman–Crippen MR) is 114 cm³/mol. The summed E-state index contributed by atoms with van der Waals surface area (Å²) in [5.41, 5.74) is 1.93. The fraction of sp³-hybridized carbons (Fsp3) is 0.333. The molecule has 1 aromatic heterocycles. The Kier molecular flexibility index (Phi) is 6.78. The van der Waals surface area contributed by atoms with Crippen molar-refractivity contribution in [3.63, 3.8) is 0 Å². The standard InChI is InChI=1S/C21H26N6O2/c1-15-8-9-18(24-13-15)26-19(28)10-11-23-21(22-2)25-16-12-20(29)27(14-16)17-6-4-3-5-7-17/h3-9,13,16H,10-12,14H2,1-2H3,(H2,22,23,25)(H,24,26,28). The summed E-state index contributed by atoms with van der Waals surface area (Å²) >= 11 is 0. The van der Waals surface area contributed by atoms with Crippen LogP contribution in [0.5, 0.6) is 0 Å². The fourth-order valence-electron chi connectivity index (χ4n) is 3.09. The van der Waals surface area contributed by atoms with Crippen LogP contribution in [0.3, 0.4) is 0 Å². The normalized spacial score (nSPS) is 16.6. The number of aryl methyl sites for hydroxylation is 1. The summed E-state index contributed by atoms with van der Waals surface area (Å²) in [5.74, 6) is 1.05. The van der Waals surface area contributed by atoms with Crippen LogP contribution in [-0.4, -0.2) is 48.9 Å². The van der Waals surface area contributed by atoms with Gasteiger partial charge in [-0.05, 0) is 30.7 Å². The lowest BCUT2D eigenvalue weighted by atomic mass is 10.2. The van der Waals surface area contributed by atoms with Crippen molar-refractivity contribution >= 4 is 29.3 Å². The van der Waals surface area contributed by atoms with Crippen molar-refractivity contribution in [3.05, 3.63) is 54.2 Å². The second kappa shape index (κ2) is 9.68. The minimum Gasteiger partial charge on any atom is -0.356 e. The SMILES string of the molecule is CN=C(NCCC(=O)Nc1ccc(C)cn1)NC1CC(=O)N(c2ccccc2)C1. The van der Waals surface area contributed by atoms with Gasteiger partial charge in [0.2, 0.25) is 11.8 Å². The lowest BCUT2D eigenvalue weighted by Gasteiger charge is -2.19. The Balaban J connectivity index is 1.43. The summed E-state index contributed by atoms with van der Waals surface area (Å²) in [6.45, 7) is 2.93. The van der Waals surface area contributed by atoms with E-state index >= 15 is 0 Å². The van der Waals surface area contributed by atoms with Gasteiger partial charge in [0.05, 0.1) is 6.04 Å². The monoisotopic (exact) mass is 394 g/mol. The number of aliphatic imine (C=N–C) groups is 1. The molecule has 0 aliphatic carbocycles. The third kappa shape index (κ3) is 5.78. The van der Waals surface area contributed by atoms with Gasteiger partial charge in [-0.1, -0.05) is 24.3 Å². The number of nitrogens with zero attached hydrogens (tertiary/aromatic N) is 3. The Hall–Kier alpha value is -3.42. The van der Waals surface area contributed by atoms with Gasteiger partial charge >= 0.3 is 0 Å². The maximum atomic E-state index is 12.3. The second-order valence-corrected chi connectivity index (χ2v) is 6.90. The number of carbonyl (C=O) groups is 2. The number of carbonyl (C=O) groups excluding carboxylic acids is 2. The molecule has 1 aliphatic heterocycles. The molecule has 2 amide bonds. The lowest BCUT2D eigenvalue weighted by molar-refractivity contribution is -0.117. The Bertz CT molecular complexity index is 866. The Labute approximate surface area is 170 Å². The molecule has 1 saturated heterocycles. The van der Waals surface area contributed by atoms with E-state index in [0.717, 1.165) is 11.3 Å². The van der Waals surface area contributed by atoms with Crippen LogP contribution in [0, 0.1) is 6.92 Å². The van der Waals surface area contributed by atoms with Gasteiger partial charge in [0.1, 0.15) is 5.82 Å². The number of anilines is 2. The molecule has 0 saturated carbocycles. The highest BCUT2D eigenvalue weighted by atomic mass is 16.2. The number of hydrogen-bond acceptors (Lipinski definition) is 4. The first kappa shape index (κ1) is 20.3. The van der Waals surface area contributed by atoms with E-state index in [1.165, 1.54) is 0 Å². The largest absolute Gasteiger partial charge is 0.356 e. The van der Waals surface area contributed by atoms with Gasteiger partial charge in [-0.25, -0.2) is 4.98 Å². The van der Waals surface area contributed by atoms with Crippen molar-refractivity contribution in [3.8, 4) is 0 Å². The molecule has 0 bridgehead atoms. The first-order valence-corrected chi connectivity index (χ1v) is 9.60. The van der Waals surface area contributed by atoms with Gasteiger partial charge in [0, 0.05) is 44.9 Å². The Morgan fingerprint density at radius 1 is 1.24 bits per heavy atom. The first-order valence-electron chi connectivity index (χ1n) is 9.60. The van der Waals surface area contributed by atoms with Crippen LogP contribution in [0.2, 0.25) is 0 Å². The zero-order chi connectivity index (χ0) is 20.6. The fourth-order valence-corrected chi connectivity index (χ4v) is 3.09. The van der Waals surface area contributed by atoms with E-state index in [-0.39, 0.29) is 24.3 Å². The molecule has 29 heavy (non-hydrogen) atoms. The van der Waals surface area contributed by atoms with Crippen molar-refractivity contribution in [2.45, 2.75) is 25.8 Å². The maximum Gasteiger partial charge on any atom is 0.229 e. The van der Waals surface area contributed by atoms with E-state index in [1.807, 2.05) is 43.3 Å². The number of para-hydroxylation sites is 1. The van der Waals surface area contributed by atoms with Crippen LogP contribution in [-0.2, 0) is 9.59 Å². The summed E-state index contributed by atoms with van der Waals surface area (Å²) in [5, 5.41) is 9.14. The number of pyridine rings is 1. The number of hydrogen-bond donors (Lipinski definition) is 3. The molecule has 1 aliphatic rings.